The highest BCUT2D eigenvalue weighted by Gasteiger charge is 2.73. The van der Waals surface area contributed by atoms with Crippen molar-refractivity contribution >= 4 is 11.8 Å². The van der Waals surface area contributed by atoms with E-state index in [1.165, 1.54) is 17.7 Å². The second-order valence-electron chi connectivity index (χ2n) is 5.77. The Hall–Kier alpha value is -1.16. The number of allylic oxidation sites excluding steroid dienone is 2. The monoisotopic (exact) mass is 233 g/mol. The first kappa shape index (κ1) is 9.83. The number of rotatable bonds is 2. The molecule has 90 valence electrons. The number of imide groups is 1. The summed E-state index contributed by atoms with van der Waals surface area (Å²) in [5.74, 6) is 0.253. The highest BCUT2D eigenvalue weighted by molar-refractivity contribution is 6.06. The van der Waals surface area contributed by atoms with Gasteiger partial charge in [-0.2, -0.15) is 0 Å². The molecule has 0 aromatic rings. The van der Waals surface area contributed by atoms with Crippen molar-refractivity contribution in [3.63, 3.8) is 0 Å². The Kier molecular flexibility index (Phi) is 1.62. The molecule has 1 heterocycles. The summed E-state index contributed by atoms with van der Waals surface area (Å²) in [7, 11) is 0. The fourth-order valence-corrected chi connectivity index (χ4v) is 4.46. The first-order valence-corrected chi connectivity index (χ1v) is 6.35. The van der Waals surface area contributed by atoms with Crippen LogP contribution >= 0.6 is 0 Å². The third-order valence-electron chi connectivity index (χ3n) is 5.27. The number of nitrogens with zero attached hydrogens (tertiary/aromatic N) is 1. The van der Waals surface area contributed by atoms with Crippen LogP contribution in [0.4, 0.5) is 0 Å². The Balaban J connectivity index is 1.74. The molecule has 3 aliphatic carbocycles. The Labute approximate surface area is 99.3 Å². The topological polar surface area (TPSA) is 57.6 Å². The smallest absolute Gasteiger partial charge is 0.233 e. The van der Waals surface area contributed by atoms with Gasteiger partial charge in [0.2, 0.25) is 11.8 Å². The quantitative estimate of drug-likeness (QED) is 0.546. The molecule has 1 N–H and O–H groups in total. The summed E-state index contributed by atoms with van der Waals surface area (Å²) in [5, 5.41) is 8.93. The van der Waals surface area contributed by atoms with Crippen molar-refractivity contribution < 1.29 is 14.7 Å². The molecular formula is C13H15NO3. The number of aliphatic hydroxyl groups is 1. The third-order valence-corrected chi connectivity index (χ3v) is 5.27. The fraction of sp³-hybridized carbons (Fsp3) is 0.692. The van der Waals surface area contributed by atoms with Crippen LogP contribution in [-0.2, 0) is 9.59 Å². The van der Waals surface area contributed by atoms with Crippen LogP contribution in [0.3, 0.4) is 0 Å². The van der Waals surface area contributed by atoms with E-state index in [0.29, 0.717) is 0 Å². The number of fused-ring (bicyclic) bond motifs is 3. The lowest BCUT2D eigenvalue weighted by molar-refractivity contribution is -0.141. The number of β-amino-alcohol motifs (C(OH)–C–C–N with tert-alkyl or cyclic N) is 1. The van der Waals surface area contributed by atoms with Crippen LogP contribution in [-0.4, -0.2) is 35.0 Å². The van der Waals surface area contributed by atoms with Gasteiger partial charge in [0.15, 0.2) is 0 Å². The lowest BCUT2D eigenvalue weighted by Gasteiger charge is -2.20. The molecule has 0 aromatic carbocycles. The Bertz CT molecular complexity index is 418. The van der Waals surface area contributed by atoms with Gasteiger partial charge in [0, 0.05) is 0 Å². The Morgan fingerprint density at radius 3 is 2.12 bits per heavy atom. The van der Waals surface area contributed by atoms with Gasteiger partial charge in [0.25, 0.3) is 0 Å². The van der Waals surface area contributed by atoms with E-state index >= 15 is 0 Å². The standard InChI is InChI=1S/C13H15NO3/c15-6-5-14-11(16)9-7-1-2-8(10(9)12(14)17)13(7)3-4-13/h1-2,7-10,15H,3-6H2/t7-,8-,9-,10-/m0/s1. The van der Waals surface area contributed by atoms with E-state index < -0.39 is 0 Å². The van der Waals surface area contributed by atoms with E-state index in [0.717, 1.165) is 0 Å². The van der Waals surface area contributed by atoms with Gasteiger partial charge in [0.05, 0.1) is 25.0 Å². The van der Waals surface area contributed by atoms with E-state index in [-0.39, 0.29) is 54.1 Å². The molecule has 2 saturated carbocycles. The molecule has 0 aromatic heterocycles. The number of amides is 2. The molecule has 4 atom stereocenters. The molecule has 0 unspecified atom stereocenters. The molecular weight excluding hydrogens is 218 g/mol. The second kappa shape index (κ2) is 2.80. The van der Waals surface area contributed by atoms with E-state index in [9.17, 15) is 9.59 Å². The highest BCUT2D eigenvalue weighted by atomic mass is 16.3. The summed E-state index contributed by atoms with van der Waals surface area (Å²) in [4.78, 5) is 25.8. The van der Waals surface area contributed by atoms with Gasteiger partial charge in [-0.05, 0) is 30.1 Å². The van der Waals surface area contributed by atoms with Crippen molar-refractivity contribution in [3.05, 3.63) is 12.2 Å². The van der Waals surface area contributed by atoms with Crippen molar-refractivity contribution in [1.29, 1.82) is 0 Å². The van der Waals surface area contributed by atoms with Crippen molar-refractivity contribution in [2.24, 2.45) is 29.1 Å². The highest BCUT2D eigenvalue weighted by Crippen LogP contribution is 2.73. The molecule has 4 nitrogen and oxygen atoms in total. The van der Waals surface area contributed by atoms with Gasteiger partial charge in [-0.25, -0.2) is 0 Å². The lowest BCUT2D eigenvalue weighted by atomic mass is 9.85. The molecule has 0 radical (unpaired) electrons. The number of carbonyl (C=O) groups excluding carboxylic acids is 2. The number of aliphatic hydroxyl groups excluding tert-OH is 1. The molecule has 4 heteroatoms. The summed E-state index contributed by atoms with van der Waals surface area (Å²) in [5.41, 5.74) is 0.270. The normalized spacial score (nSPS) is 43.9. The van der Waals surface area contributed by atoms with Crippen LogP contribution in [0.15, 0.2) is 12.2 Å². The SMILES string of the molecule is O=C1[C@@H]2[C@@H](C(=O)N1CCO)[C@@H]1C=C[C@@H]2C12CC2. The first-order chi connectivity index (χ1) is 8.20. The molecule has 4 aliphatic rings. The average Bonchev–Trinajstić information content (AvgIpc) is 2.93. The largest absolute Gasteiger partial charge is 0.395 e. The van der Waals surface area contributed by atoms with E-state index in [1.807, 2.05) is 0 Å². The van der Waals surface area contributed by atoms with E-state index in [2.05, 4.69) is 12.2 Å². The van der Waals surface area contributed by atoms with Crippen LogP contribution in [0.2, 0.25) is 0 Å². The van der Waals surface area contributed by atoms with Gasteiger partial charge in [-0.3, -0.25) is 14.5 Å². The van der Waals surface area contributed by atoms with Crippen LogP contribution in [0.5, 0.6) is 0 Å². The maximum absolute atomic E-state index is 12.3. The predicted octanol–water partition coefficient (Wildman–Crippen LogP) is 0.176. The molecule has 1 saturated heterocycles. The van der Waals surface area contributed by atoms with Gasteiger partial charge in [-0.1, -0.05) is 12.2 Å². The summed E-state index contributed by atoms with van der Waals surface area (Å²) < 4.78 is 0. The lowest BCUT2D eigenvalue weighted by Crippen LogP contribution is -2.36. The van der Waals surface area contributed by atoms with E-state index in [4.69, 9.17) is 5.11 Å². The molecule has 17 heavy (non-hydrogen) atoms. The van der Waals surface area contributed by atoms with Gasteiger partial charge < -0.3 is 5.11 Å². The fourth-order valence-electron chi connectivity index (χ4n) is 4.46. The number of hydrogen-bond acceptors (Lipinski definition) is 3. The number of hydrogen-bond donors (Lipinski definition) is 1. The van der Waals surface area contributed by atoms with Crippen LogP contribution < -0.4 is 0 Å². The minimum Gasteiger partial charge on any atom is -0.395 e. The summed E-state index contributed by atoms with van der Waals surface area (Å²) in [6.07, 6.45) is 6.66. The maximum Gasteiger partial charge on any atom is 0.233 e. The Morgan fingerprint density at radius 2 is 1.71 bits per heavy atom. The van der Waals surface area contributed by atoms with Gasteiger partial charge in [0.1, 0.15) is 0 Å². The summed E-state index contributed by atoms with van der Waals surface area (Å²) >= 11 is 0. The van der Waals surface area contributed by atoms with Crippen molar-refractivity contribution in [2.45, 2.75) is 12.8 Å². The van der Waals surface area contributed by atoms with Gasteiger partial charge in [-0.15, -0.1) is 0 Å². The van der Waals surface area contributed by atoms with Crippen molar-refractivity contribution in [1.82, 2.24) is 4.90 Å². The maximum atomic E-state index is 12.3. The molecule has 1 spiro atoms. The number of carbonyl (C=O) groups is 2. The first-order valence-electron chi connectivity index (χ1n) is 6.35. The predicted molar refractivity (Wildman–Crippen MR) is 58.6 cm³/mol. The zero-order valence-corrected chi connectivity index (χ0v) is 9.50. The number of likely N-dealkylation sites (tertiary alicyclic amines) is 1. The third kappa shape index (κ3) is 0.910. The van der Waals surface area contributed by atoms with Crippen molar-refractivity contribution in [2.75, 3.05) is 13.2 Å². The average molecular weight is 233 g/mol. The minimum atomic E-state index is -0.134. The van der Waals surface area contributed by atoms with Crippen LogP contribution in [0.1, 0.15) is 12.8 Å². The Morgan fingerprint density at radius 1 is 1.18 bits per heavy atom. The zero-order valence-electron chi connectivity index (χ0n) is 9.50. The van der Waals surface area contributed by atoms with E-state index in [1.54, 1.807) is 0 Å². The van der Waals surface area contributed by atoms with Crippen molar-refractivity contribution in [3.8, 4) is 0 Å². The molecule has 2 amide bonds. The van der Waals surface area contributed by atoms with Gasteiger partial charge >= 0.3 is 0 Å². The zero-order chi connectivity index (χ0) is 11.8. The molecule has 1 aliphatic heterocycles. The summed E-state index contributed by atoms with van der Waals surface area (Å²) in [6, 6.07) is 0. The van der Waals surface area contributed by atoms with Crippen LogP contribution in [0, 0.1) is 29.1 Å². The minimum absolute atomic E-state index is 0.0443. The second-order valence-corrected chi connectivity index (χ2v) is 5.77. The van der Waals surface area contributed by atoms with Crippen LogP contribution in [0.25, 0.3) is 0 Å². The molecule has 4 rings (SSSR count). The summed E-state index contributed by atoms with van der Waals surface area (Å²) in [6.45, 7) is 0.0297. The molecule has 2 bridgehead atoms. The molecule has 3 fully saturated rings.